The number of aromatic nitrogens is 1. The van der Waals surface area contributed by atoms with Crippen LogP contribution in [0, 0.1) is 0 Å². The van der Waals surface area contributed by atoms with Gasteiger partial charge in [-0.2, -0.15) is 0 Å². The molecule has 3 aromatic rings. The molecule has 0 fully saturated rings. The van der Waals surface area contributed by atoms with Crippen LogP contribution in [-0.4, -0.2) is 23.1 Å². The van der Waals surface area contributed by atoms with Gasteiger partial charge in [0.15, 0.2) is 0 Å². The van der Waals surface area contributed by atoms with Crippen LogP contribution in [0.1, 0.15) is 34.6 Å². The highest BCUT2D eigenvalue weighted by Crippen LogP contribution is 2.32. The van der Waals surface area contributed by atoms with E-state index in [0.717, 1.165) is 27.4 Å². The maximum absolute atomic E-state index is 12.2. The summed E-state index contributed by atoms with van der Waals surface area (Å²) in [5, 5.41) is 2.49. The third-order valence-corrected chi connectivity index (χ3v) is 4.46. The first-order valence-corrected chi connectivity index (χ1v) is 8.50. The second-order valence-corrected chi connectivity index (χ2v) is 5.81. The minimum atomic E-state index is -0.371. The molecule has 0 aliphatic heterocycles. The van der Waals surface area contributed by atoms with Crippen molar-refractivity contribution in [3.05, 3.63) is 47.5 Å². The predicted octanol–water partition coefficient (Wildman–Crippen LogP) is 4.53. The van der Waals surface area contributed by atoms with Crippen LogP contribution in [0.25, 0.3) is 21.8 Å². The van der Waals surface area contributed by atoms with Crippen molar-refractivity contribution < 1.29 is 14.3 Å². The minimum absolute atomic E-state index is 0.0856. The van der Waals surface area contributed by atoms with Crippen molar-refractivity contribution in [2.24, 2.45) is 0 Å². The van der Waals surface area contributed by atoms with Gasteiger partial charge in [0.2, 0.25) is 5.91 Å². The summed E-state index contributed by atoms with van der Waals surface area (Å²) in [5.41, 5.74) is 2.91. The Hall–Kier alpha value is -2.14. The van der Waals surface area contributed by atoms with E-state index < -0.39 is 0 Å². The van der Waals surface area contributed by atoms with Crippen molar-refractivity contribution in [2.45, 2.75) is 19.2 Å². The maximum atomic E-state index is 12.2. The number of fused-ring (bicyclic) bond motifs is 3. The molecule has 0 aliphatic carbocycles. The van der Waals surface area contributed by atoms with Gasteiger partial charge in [0.25, 0.3) is 0 Å². The molecule has 0 amide bonds. The van der Waals surface area contributed by atoms with Gasteiger partial charge in [-0.3, -0.25) is 9.36 Å². The van der Waals surface area contributed by atoms with Gasteiger partial charge < -0.3 is 4.74 Å². The summed E-state index contributed by atoms with van der Waals surface area (Å²) in [5.74, 6) is -0.457. The molecule has 1 aromatic heterocycles. The lowest BCUT2D eigenvalue weighted by Crippen LogP contribution is -2.09. The average molecular weight is 374 g/mol. The number of para-hydroxylation sites is 1. The molecular weight excluding hydrogens is 358 g/mol. The molecule has 3 rings (SSSR count). The molecule has 0 saturated heterocycles. The van der Waals surface area contributed by atoms with Crippen molar-refractivity contribution in [3.63, 3.8) is 0 Å². The number of carbonyl (C=O) groups excluding carboxylic acids is 2. The number of alkyl halides is 1. The predicted molar refractivity (Wildman–Crippen MR) is 94.3 cm³/mol. The van der Waals surface area contributed by atoms with E-state index in [-0.39, 0.29) is 11.9 Å². The van der Waals surface area contributed by atoms with Gasteiger partial charge in [-0.05, 0) is 30.7 Å². The van der Waals surface area contributed by atoms with Gasteiger partial charge >= 0.3 is 5.97 Å². The summed E-state index contributed by atoms with van der Waals surface area (Å²) in [6.07, 6.45) is 0. The number of benzene rings is 2. The van der Waals surface area contributed by atoms with Gasteiger partial charge in [-0.15, -0.1) is 0 Å². The first kappa shape index (κ1) is 15.7. The highest BCUT2D eigenvalue weighted by molar-refractivity contribution is 9.08. The van der Waals surface area contributed by atoms with E-state index in [4.69, 9.17) is 4.74 Å². The van der Waals surface area contributed by atoms with Crippen molar-refractivity contribution >= 4 is 49.6 Å². The summed E-state index contributed by atoms with van der Waals surface area (Å²) in [4.78, 5) is 24.4. The van der Waals surface area contributed by atoms with Crippen molar-refractivity contribution in [1.29, 1.82) is 0 Å². The van der Waals surface area contributed by atoms with Gasteiger partial charge in [-0.1, -0.05) is 34.1 Å². The summed E-state index contributed by atoms with van der Waals surface area (Å²) in [6, 6.07) is 11.5. The Morgan fingerprint density at radius 2 is 1.87 bits per heavy atom. The third-order valence-electron chi connectivity index (χ3n) is 3.85. The molecule has 2 aromatic carbocycles. The van der Waals surface area contributed by atoms with Crippen LogP contribution in [0.4, 0.5) is 0 Å². The fourth-order valence-electron chi connectivity index (χ4n) is 2.91. The number of rotatable bonds is 3. The molecule has 118 valence electrons. The van der Waals surface area contributed by atoms with E-state index >= 15 is 0 Å². The second-order valence-electron chi connectivity index (χ2n) is 5.25. The van der Waals surface area contributed by atoms with Crippen molar-refractivity contribution in [1.82, 2.24) is 4.57 Å². The summed E-state index contributed by atoms with van der Waals surface area (Å²) < 4.78 is 6.78. The molecule has 0 unspecified atom stereocenters. The summed E-state index contributed by atoms with van der Waals surface area (Å²) >= 11 is 3.43. The molecular formula is C18H16BrNO3. The largest absolute Gasteiger partial charge is 0.462 e. The normalized spacial score (nSPS) is 11.1. The zero-order valence-electron chi connectivity index (χ0n) is 12.9. The Bertz CT molecular complexity index is 927. The maximum Gasteiger partial charge on any atom is 0.338 e. The fourth-order valence-corrected chi connectivity index (χ4v) is 3.37. The van der Waals surface area contributed by atoms with Gasteiger partial charge in [0.1, 0.15) is 0 Å². The van der Waals surface area contributed by atoms with Gasteiger partial charge in [0, 0.05) is 23.0 Å². The zero-order valence-corrected chi connectivity index (χ0v) is 14.5. The standard InChI is InChI=1S/C18H16BrNO3/c1-3-23-18(22)14-9-17-15(8-12(14)10-19)13-6-4-5-7-16(13)20(17)11(2)21/h4-9H,3,10H2,1-2H3. The second kappa shape index (κ2) is 6.16. The number of carbonyl (C=O) groups is 2. The Morgan fingerprint density at radius 3 is 2.52 bits per heavy atom. The molecule has 0 N–H and O–H groups in total. The minimum Gasteiger partial charge on any atom is -0.462 e. The molecule has 1 heterocycles. The average Bonchev–Trinajstić information content (AvgIpc) is 2.87. The highest BCUT2D eigenvalue weighted by atomic mass is 79.9. The fraction of sp³-hybridized carbons (Fsp3) is 0.222. The quantitative estimate of drug-likeness (QED) is 0.500. The van der Waals surface area contributed by atoms with Gasteiger partial charge in [0.05, 0.1) is 23.2 Å². The third kappa shape index (κ3) is 2.55. The van der Waals surface area contributed by atoms with E-state index in [1.165, 1.54) is 6.92 Å². The number of nitrogens with zero attached hydrogens (tertiary/aromatic N) is 1. The number of hydrogen-bond acceptors (Lipinski definition) is 3. The van der Waals surface area contributed by atoms with Crippen molar-refractivity contribution in [3.8, 4) is 0 Å². The van der Waals surface area contributed by atoms with Gasteiger partial charge in [-0.25, -0.2) is 4.79 Å². The SMILES string of the molecule is CCOC(=O)c1cc2c(cc1CBr)c1ccccc1n2C(C)=O. The number of hydrogen-bond donors (Lipinski definition) is 0. The molecule has 0 spiro atoms. The lowest BCUT2D eigenvalue weighted by atomic mass is 10.0. The van der Waals surface area contributed by atoms with E-state index in [1.807, 2.05) is 30.3 Å². The van der Waals surface area contributed by atoms with E-state index in [2.05, 4.69) is 15.9 Å². The Morgan fingerprint density at radius 1 is 1.13 bits per heavy atom. The molecule has 0 saturated carbocycles. The molecule has 0 bridgehead atoms. The first-order chi connectivity index (χ1) is 11.1. The Labute approximate surface area is 142 Å². The topological polar surface area (TPSA) is 48.3 Å². The lowest BCUT2D eigenvalue weighted by molar-refractivity contribution is 0.0525. The summed E-state index contributed by atoms with van der Waals surface area (Å²) in [7, 11) is 0. The van der Waals surface area contributed by atoms with Crippen LogP contribution in [0.3, 0.4) is 0 Å². The first-order valence-electron chi connectivity index (χ1n) is 7.38. The molecule has 23 heavy (non-hydrogen) atoms. The Balaban J connectivity index is 2.41. The van der Waals surface area contributed by atoms with E-state index in [9.17, 15) is 9.59 Å². The van der Waals surface area contributed by atoms with E-state index in [0.29, 0.717) is 17.5 Å². The number of esters is 1. The lowest BCUT2D eigenvalue weighted by Gasteiger charge is -2.09. The van der Waals surface area contributed by atoms with Crippen LogP contribution < -0.4 is 0 Å². The molecule has 0 atom stereocenters. The van der Waals surface area contributed by atoms with Crippen LogP contribution >= 0.6 is 15.9 Å². The van der Waals surface area contributed by atoms with Crippen LogP contribution in [0.15, 0.2) is 36.4 Å². The monoisotopic (exact) mass is 373 g/mol. The van der Waals surface area contributed by atoms with Crippen LogP contribution in [0.5, 0.6) is 0 Å². The summed E-state index contributed by atoms with van der Waals surface area (Å²) in [6.45, 7) is 3.61. The molecule has 5 heteroatoms. The van der Waals surface area contributed by atoms with E-state index in [1.54, 1.807) is 17.6 Å². The molecule has 0 aliphatic rings. The van der Waals surface area contributed by atoms with Crippen LogP contribution in [-0.2, 0) is 10.1 Å². The van der Waals surface area contributed by atoms with Crippen molar-refractivity contribution in [2.75, 3.05) is 6.61 Å². The number of ether oxygens (including phenoxy) is 1. The van der Waals surface area contributed by atoms with Crippen LogP contribution in [0.2, 0.25) is 0 Å². The highest BCUT2D eigenvalue weighted by Gasteiger charge is 2.19. The number of halogens is 1. The molecule has 4 nitrogen and oxygen atoms in total. The Kier molecular flexibility index (Phi) is 4.22. The zero-order chi connectivity index (χ0) is 16.6. The molecule has 0 radical (unpaired) electrons. The smallest absolute Gasteiger partial charge is 0.338 e.